The summed E-state index contributed by atoms with van der Waals surface area (Å²) in [5, 5.41) is 0. The molecule has 116 valence electrons. The van der Waals surface area contributed by atoms with Crippen molar-refractivity contribution in [1.29, 1.82) is 0 Å². The largest absolute Gasteiger partial charge is 0.462 e. The Hall–Kier alpha value is -1.57. The highest BCUT2D eigenvalue weighted by Gasteiger charge is 2.08. The van der Waals surface area contributed by atoms with Crippen LogP contribution in [0, 0.1) is 5.92 Å². The second-order valence-electron chi connectivity index (χ2n) is 5.61. The first-order chi connectivity index (χ1) is 10.2. The van der Waals surface area contributed by atoms with Gasteiger partial charge in [0.1, 0.15) is 0 Å². The Bertz CT molecular complexity index is 422. The number of carbonyl (C=O) groups is 1. The predicted octanol–water partition coefficient (Wildman–Crippen LogP) is 5.11. The average Bonchev–Trinajstić information content (AvgIpc) is 2.53. The van der Waals surface area contributed by atoms with Gasteiger partial charge in [0.05, 0.1) is 6.61 Å². The van der Waals surface area contributed by atoms with E-state index in [2.05, 4.69) is 32.9 Å². The minimum absolute atomic E-state index is 0.223. The lowest BCUT2D eigenvalue weighted by molar-refractivity contribution is -0.139. The third-order valence-electron chi connectivity index (χ3n) is 3.85. The SMILES string of the molecule is CCCCC(CC)COC(=O)/C=C/C(C)c1ccccc1. The summed E-state index contributed by atoms with van der Waals surface area (Å²) in [4.78, 5) is 11.8. The fraction of sp³-hybridized carbons (Fsp3) is 0.526. The minimum atomic E-state index is -0.229. The number of hydrogen-bond acceptors (Lipinski definition) is 2. The van der Waals surface area contributed by atoms with Gasteiger partial charge in [-0.15, -0.1) is 0 Å². The first kappa shape index (κ1) is 17.5. The van der Waals surface area contributed by atoms with E-state index >= 15 is 0 Å². The van der Waals surface area contributed by atoms with Crippen molar-refractivity contribution in [2.24, 2.45) is 5.92 Å². The highest BCUT2D eigenvalue weighted by Crippen LogP contribution is 2.16. The summed E-state index contributed by atoms with van der Waals surface area (Å²) in [6.07, 6.45) is 8.08. The zero-order valence-corrected chi connectivity index (χ0v) is 13.5. The Labute approximate surface area is 129 Å². The third kappa shape index (κ3) is 7.12. The van der Waals surface area contributed by atoms with Crippen LogP contribution in [0.5, 0.6) is 0 Å². The lowest BCUT2D eigenvalue weighted by atomic mass is 10.0. The average molecular weight is 288 g/mol. The highest BCUT2D eigenvalue weighted by molar-refractivity contribution is 5.82. The molecule has 0 amide bonds. The molecule has 0 aliphatic heterocycles. The van der Waals surface area contributed by atoms with Crippen molar-refractivity contribution in [2.45, 2.75) is 52.4 Å². The number of ether oxygens (including phenoxy) is 1. The predicted molar refractivity (Wildman–Crippen MR) is 88.3 cm³/mol. The van der Waals surface area contributed by atoms with Crippen LogP contribution in [0.15, 0.2) is 42.5 Å². The Morgan fingerprint density at radius 3 is 2.57 bits per heavy atom. The smallest absolute Gasteiger partial charge is 0.330 e. The lowest BCUT2D eigenvalue weighted by Gasteiger charge is -2.13. The third-order valence-corrected chi connectivity index (χ3v) is 3.85. The Balaban J connectivity index is 2.37. The fourth-order valence-electron chi connectivity index (χ4n) is 2.24. The van der Waals surface area contributed by atoms with Gasteiger partial charge in [0.25, 0.3) is 0 Å². The number of benzene rings is 1. The summed E-state index contributed by atoms with van der Waals surface area (Å²) in [6.45, 7) is 6.96. The molecule has 0 saturated heterocycles. The summed E-state index contributed by atoms with van der Waals surface area (Å²) in [7, 11) is 0. The molecule has 2 nitrogen and oxygen atoms in total. The van der Waals surface area contributed by atoms with Crippen LogP contribution in [-0.4, -0.2) is 12.6 Å². The summed E-state index contributed by atoms with van der Waals surface area (Å²) in [6, 6.07) is 10.2. The van der Waals surface area contributed by atoms with Crippen molar-refractivity contribution in [3.8, 4) is 0 Å². The topological polar surface area (TPSA) is 26.3 Å². The number of unbranched alkanes of at least 4 members (excludes halogenated alkanes) is 1. The first-order valence-electron chi connectivity index (χ1n) is 8.07. The van der Waals surface area contributed by atoms with Crippen LogP contribution in [0.2, 0.25) is 0 Å². The van der Waals surface area contributed by atoms with Gasteiger partial charge in [0, 0.05) is 6.08 Å². The van der Waals surface area contributed by atoms with Crippen molar-refractivity contribution < 1.29 is 9.53 Å². The summed E-state index contributed by atoms with van der Waals surface area (Å²) >= 11 is 0. The van der Waals surface area contributed by atoms with E-state index in [4.69, 9.17) is 4.74 Å². The molecule has 0 spiro atoms. The molecule has 0 N–H and O–H groups in total. The van der Waals surface area contributed by atoms with Crippen molar-refractivity contribution >= 4 is 5.97 Å². The molecule has 0 saturated carbocycles. The van der Waals surface area contributed by atoms with Crippen molar-refractivity contribution in [3.05, 3.63) is 48.0 Å². The molecule has 0 bridgehead atoms. The minimum Gasteiger partial charge on any atom is -0.462 e. The summed E-state index contributed by atoms with van der Waals surface area (Å²) < 4.78 is 5.35. The standard InChI is InChI=1S/C19H28O2/c1-4-6-10-17(5-2)15-21-19(20)14-13-16(3)18-11-8-7-9-12-18/h7-9,11-14,16-17H,4-6,10,15H2,1-3H3/b14-13+. The van der Waals surface area contributed by atoms with E-state index < -0.39 is 0 Å². The molecule has 2 heteroatoms. The first-order valence-corrected chi connectivity index (χ1v) is 8.07. The molecule has 0 radical (unpaired) electrons. The molecule has 0 heterocycles. The van der Waals surface area contributed by atoms with Crippen molar-refractivity contribution in [2.75, 3.05) is 6.61 Å². The van der Waals surface area contributed by atoms with E-state index in [1.165, 1.54) is 18.4 Å². The van der Waals surface area contributed by atoms with Crippen molar-refractivity contribution in [1.82, 2.24) is 0 Å². The highest BCUT2D eigenvalue weighted by atomic mass is 16.5. The zero-order chi connectivity index (χ0) is 15.5. The van der Waals surface area contributed by atoms with Gasteiger partial charge in [-0.05, 0) is 23.8 Å². The number of hydrogen-bond donors (Lipinski definition) is 0. The van der Waals surface area contributed by atoms with E-state index in [9.17, 15) is 4.79 Å². The molecule has 0 aromatic heterocycles. The number of carbonyl (C=O) groups excluding carboxylic acids is 1. The quantitative estimate of drug-likeness (QED) is 0.466. The second-order valence-corrected chi connectivity index (χ2v) is 5.61. The zero-order valence-electron chi connectivity index (χ0n) is 13.5. The normalized spacial score (nSPS) is 14.0. The van der Waals surface area contributed by atoms with Gasteiger partial charge in [0.2, 0.25) is 0 Å². The maximum Gasteiger partial charge on any atom is 0.330 e. The maximum absolute atomic E-state index is 11.8. The van der Waals surface area contributed by atoms with Crippen LogP contribution < -0.4 is 0 Å². The van der Waals surface area contributed by atoms with E-state index in [1.54, 1.807) is 6.08 Å². The van der Waals surface area contributed by atoms with E-state index in [-0.39, 0.29) is 11.9 Å². The van der Waals surface area contributed by atoms with Crippen LogP contribution in [-0.2, 0) is 9.53 Å². The lowest BCUT2D eigenvalue weighted by Crippen LogP contribution is -2.12. The Morgan fingerprint density at radius 2 is 1.95 bits per heavy atom. The maximum atomic E-state index is 11.8. The van der Waals surface area contributed by atoms with Crippen LogP contribution in [0.1, 0.15) is 57.9 Å². The van der Waals surface area contributed by atoms with Crippen LogP contribution in [0.4, 0.5) is 0 Å². The van der Waals surface area contributed by atoms with E-state index in [1.807, 2.05) is 24.3 Å². The van der Waals surface area contributed by atoms with Gasteiger partial charge in [-0.2, -0.15) is 0 Å². The fourth-order valence-corrected chi connectivity index (χ4v) is 2.24. The van der Waals surface area contributed by atoms with E-state index in [0.29, 0.717) is 12.5 Å². The monoisotopic (exact) mass is 288 g/mol. The van der Waals surface area contributed by atoms with Gasteiger partial charge < -0.3 is 4.74 Å². The molecular weight excluding hydrogens is 260 g/mol. The van der Waals surface area contributed by atoms with Gasteiger partial charge >= 0.3 is 5.97 Å². The molecule has 0 aliphatic rings. The molecule has 2 atom stereocenters. The van der Waals surface area contributed by atoms with Gasteiger partial charge in [0.15, 0.2) is 0 Å². The Kier molecular flexibility index (Phi) is 8.49. The molecule has 1 aromatic carbocycles. The molecule has 21 heavy (non-hydrogen) atoms. The van der Waals surface area contributed by atoms with Crippen LogP contribution in [0.25, 0.3) is 0 Å². The molecule has 2 unspecified atom stereocenters. The molecular formula is C19H28O2. The van der Waals surface area contributed by atoms with Crippen LogP contribution in [0.3, 0.4) is 0 Å². The number of allylic oxidation sites excluding steroid dienone is 1. The number of rotatable bonds is 9. The molecule has 1 aromatic rings. The Morgan fingerprint density at radius 1 is 1.24 bits per heavy atom. The number of esters is 1. The van der Waals surface area contributed by atoms with Crippen LogP contribution >= 0.6 is 0 Å². The molecule has 1 rings (SSSR count). The molecule has 0 fully saturated rings. The van der Waals surface area contributed by atoms with Gasteiger partial charge in [-0.3, -0.25) is 0 Å². The van der Waals surface area contributed by atoms with E-state index in [0.717, 1.165) is 12.8 Å². The molecule has 0 aliphatic carbocycles. The van der Waals surface area contributed by atoms with Gasteiger partial charge in [-0.1, -0.05) is 76.4 Å². The van der Waals surface area contributed by atoms with Crippen molar-refractivity contribution in [3.63, 3.8) is 0 Å². The van der Waals surface area contributed by atoms with Gasteiger partial charge in [-0.25, -0.2) is 4.79 Å². The summed E-state index contributed by atoms with van der Waals surface area (Å²) in [5.74, 6) is 0.488. The summed E-state index contributed by atoms with van der Waals surface area (Å²) in [5.41, 5.74) is 1.20. The second kappa shape index (κ2) is 10.2.